The maximum atomic E-state index is 2.46. The fourth-order valence-corrected chi connectivity index (χ4v) is 3.59. The lowest BCUT2D eigenvalue weighted by Gasteiger charge is -2.29. The minimum Gasteiger partial charge on any atom is -0.0697 e. The van der Waals surface area contributed by atoms with Crippen LogP contribution in [0.25, 0.3) is 0 Å². The Morgan fingerprint density at radius 3 is 2.00 bits per heavy atom. The van der Waals surface area contributed by atoms with Crippen LogP contribution in [-0.4, -0.2) is 7.85 Å². The molecule has 3 unspecified atom stereocenters. The van der Waals surface area contributed by atoms with Crippen molar-refractivity contribution in [2.75, 3.05) is 0 Å². The van der Waals surface area contributed by atoms with Crippen LogP contribution in [-0.2, 0) is 0 Å². The summed E-state index contributed by atoms with van der Waals surface area (Å²) in [5.41, 5.74) is 0. The van der Waals surface area contributed by atoms with Crippen LogP contribution in [0.2, 0.25) is 5.82 Å². The molecule has 0 aromatic rings. The SMILES string of the molecule is BC1CCCC2CCCCCC2CC1. The molecule has 2 saturated carbocycles. The summed E-state index contributed by atoms with van der Waals surface area (Å²) in [6.07, 6.45) is 15.3. The summed E-state index contributed by atoms with van der Waals surface area (Å²) in [4.78, 5) is 0. The van der Waals surface area contributed by atoms with Gasteiger partial charge < -0.3 is 0 Å². The fraction of sp³-hybridized carbons (Fsp3) is 1.00. The molecule has 0 N–H and O–H groups in total. The van der Waals surface area contributed by atoms with Crippen molar-refractivity contribution in [3.8, 4) is 0 Å². The Balaban J connectivity index is 1.92. The quantitative estimate of drug-likeness (QED) is 0.514. The van der Waals surface area contributed by atoms with E-state index in [4.69, 9.17) is 0 Å². The number of fused-ring (bicyclic) bond motifs is 1. The first kappa shape index (κ1) is 10.6. The molecule has 2 aliphatic rings. The van der Waals surface area contributed by atoms with Crippen LogP contribution < -0.4 is 0 Å². The predicted molar refractivity (Wildman–Crippen MR) is 65.4 cm³/mol. The molecular weight excluding hydrogens is 167 g/mol. The molecule has 1 heteroatoms. The first-order valence-corrected chi connectivity index (χ1v) is 6.86. The van der Waals surface area contributed by atoms with E-state index in [0.717, 1.165) is 17.7 Å². The Morgan fingerprint density at radius 1 is 0.571 bits per heavy atom. The van der Waals surface area contributed by atoms with E-state index in [-0.39, 0.29) is 0 Å². The summed E-state index contributed by atoms with van der Waals surface area (Å²) in [6, 6.07) is 0. The molecule has 2 aliphatic carbocycles. The molecule has 0 spiro atoms. The van der Waals surface area contributed by atoms with Crippen LogP contribution in [0.15, 0.2) is 0 Å². The minimum absolute atomic E-state index is 1.01. The number of hydrogen-bond acceptors (Lipinski definition) is 0. The molecule has 0 nitrogen and oxygen atoms in total. The third kappa shape index (κ3) is 2.78. The van der Waals surface area contributed by atoms with E-state index >= 15 is 0 Å². The summed E-state index contributed by atoms with van der Waals surface area (Å²) >= 11 is 0. The van der Waals surface area contributed by atoms with Crippen molar-refractivity contribution in [1.29, 1.82) is 0 Å². The zero-order valence-electron chi connectivity index (χ0n) is 9.80. The molecule has 2 fully saturated rings. The van der Waals surface area contributed by atoms with Gasteiger partial charge in [-0.2, -0.15) is 0 Å². The van der Waals surface area contributed by atoms with E-state index < -0.39 is 0 Å². The van der Waals surface area contributed by atoms with Crippen molar-refractivity contribution in [1.82, 2.24) is 0 Å². The van der Waals surface area contributed by atoms with Crippen molar-refractivity contribution in [3.63, 3.8) is 0 Å². The molecule has 3 atom stereocenters. The van der Waals surface area contributed by atoms with E-state index in [1.54, 1.807) is 25.7 Å². The van der Waals surface area contributed by atoms with Crippen LogP contribution in [0.5, 0.6) is 0 Å². The van der Waals surface area contributed by atoms with Crippen LogP contribution in [0, 0.1) is 11.8 Å². The molecule has 0 aromatic heterocycles. The van der Waals surface area contributed by atoms with Gasteiger partial charge in [-0.05, 0) is 11.8 Å². The third-order valence-electron chi connectivity index (χ3n) is 4.62. The van der Waals surface area contributed by atoms with Crippen molar-refractivity contribution in [3.05, 3.63) is 0 Å². The lowest BCUT2D eigenvalue weighted by atomic mass is 9.71. The molecule has 0 heterocycles. The van der Waals surface area contributed by atoms with E-state index in [1.807, 2.05) is 0 Å². The van der Waals surface area contributed by atoms with Crippen molar-refractivity contribution in [2.45, 2.75) is 70.0 Å². The Hall–Kier alpha value is 0.0649. The number of hydrogen-bond donors (Lipinski definition) is 0. The van der Waals surface area contributed by atoms with Gasteiger partial charge in [-0.25, -0.2) is 0 Å². The molecule has 2 rings (SSSR count). The zero-order valence-corrected chi connectivity index (χ0v) is 9.80. The average Bonchev–Trinajstić information content (AvgIpc) is 2.37. The largest absolute Gasteiger partial charge is 0.105 e. The molecule has 0 bridgehead atoms. The van der Waals surface area contributed by atoms with Gasteiger partial charge in [0.05, 0.1) is 0 Å². The van der Waals surface area contributed by atoms with Gasteiger partial charge in [-0.3, -0.25) is 0 Å². The van der Waals surface area contributed by atoms with Crippen LogP contribution in [0.4, 0.5) is 0 Å². The molecule has 14 heavy (non-hydrogen) atoms. The Bertz CT molecular complexity index is 167. The van der Waals surface area contributed by atoms with Gasteiger partial charge in [0.15, 0.2) is 0 Å². The molecule has 0 amide bonds. The summed E-state index contributed by atoms with van der Waals surface area (Å²) in [5.74, 6) is 3.24. The third-order valence-corrected chi connectivity index (χ3v) is 4.62. The van der Waals surface area contributed by atoms with Gasteiger partial charge in [-0.15, -0.1) is 0 Å². The molecule has 0 aliphatic heterocycles. The van der Waals surface area contributed by atoms with Gasteiger partial charge in [0.1, 0.15) is 7.85 Å². The molecule has 80 valence electrons. The minimum atomic E-state index is 1.01. The van der Waals surface area contributed by atoms with Gasteiger partial charge >= 0.3 is 0 Å². The van der Waals surface area contributed by atoms with Crippen molar-refractivity contribution in [2.24, 2.45) is 11.8 Å². The highest BCUT2D eigenvalue weighted by Crippen LogP contribution is 2.39. The van der Waals surface area contributed by atoms with E-state index in [1.165, 1.54) is 38.5 Å². The van der Waals surface area contributed by atoms with E-state index in [0.29, 0.717) is 0 Å². The topological polar surface area (TPSA) is 0 Å². The molecule has 0 aromatic carbocycles. The summed E-state index contributed by atoms with van der Waals surface area (Å²) in [6.45, 7) is 0. The number of rotatable bonds is 0. The highest BCUT2D eigenvalue weighted by atomic mass is 14.3. The van der Waals surface area contributed by atoms with Gasteiger partial charge in [-0.1, -0.05) is 70.0 Å². The molecule has 0 saturated heterocycles. The Kier molecular flexibility index (Phi) is 3.95. The van der Waals surface area contributed by atoms with Crippen molar-refractivity contribution >= 4 is 7.85 Å². The second-order valence-electron chi connectivity index (χ2n) is 5.77. The standard InChI is InChI=1S/C13H25B/c14-13-8-4-7-11-5-2-1-3-6-12(11)9-10-13/h11-13H,1-10,14H2. The maximum absolute atomic E-state index is 2.46. The fourth-order valence-electron chi connectivity index (χ4n) is 3.59. The van der Waals surface area contributed by atoms with Crippen molar-refractivity contribution < 1.29 is 0 Å². The highest BCUT2D eigenvalue weighted by Gasteiger charge is 2.25. The Morgan fingerprint density at radius 2 is 1.21 bits per heavy atom. The highest BCUT2D eigenvalue weighted by molar-refractivity contribution is 6.11. The molecule has 0 radical (unpaired) electrons. The van der Waals surface area contributed by atoms with E-state index in [9.17, 15) is 0 Å². The zero-order chi connectivity index (χ0) is 9.80. The Labute approximate surface area is 90.3 Å². The lowest BCUT2D eigenvalue weighted by Crippen LogP contribution is -2.17. The normalized spacial score (nSPS) is 40.4. The van der Waals surface area contributed by atoms with E-state index in [2.05, 4.69) is 7.85 Å². The monoisotopic (exact) mass is 192 g/mol. The predicted octanol–water partition coefficient (Wildman–Crippen LogP) is 3.57. The van der Waals surface area contributed by atoms with Gasteiger partial charge in [0.2, 0.25) is 0 Å². The lowest BCUT2D eigenvalue weighted by molar-refractivity contribution is 0.247. The molecular formula is C13H25B. The van der Waals surface area contributed by atoms with Gasteiger partial charge in [0, 0.05) is 0 Å². The average molecular weight is 192 g/mol. The summed E-state index contributed by atoms with van der Waals surface area (Å²) < 4.78 is 0. The summed E-state index contributed by atoms with van der Waals surface area (Å²) in [7, 11) is 2.46. The van der Waals surface area contributed by atoms with Crippen LogP contribution in [0.1, 0.15) is 64.2 Å². The smallest absolute Gasteiger partial charge is 0.0697 e. The first-order valence-electron chi connectivity index (χ1n) is 6.86. The summed E-state index contributed by atoms with van der Waals surface area (Å²) in [5, 5.41) is 0. The second-order valence-corrected chi connectivity index (χ2v) is 5.77. The van der Waals surface area contributed by atoms with Gasteiger partial charge in [0.25, 0.3) is 0 Å². The van der Waals surface area contributed by atoms with Crippen LogP contribution in [0.3, 0.4) is 0 Å². The maximum Gasteiger partial charge on any atom is 0.105 e. The van der Waals surface area contributed by atoms with Crippen LogP contribution >= 0.6 is 0 Å². The first-order chi connectivity index (χ1) is 6.86. The second kappa shape index (κ2) is 5.23.